The maximum absolute atomic E-state index is 8.86. The maximum Gasteiger partial charge on any atom is 0.101 e. The maximum atomic E-state index is 8.86. The van der Waals surface area contributed by atoms with Crippen molar-refractivity contribution in [2.75, 3.05) is 13.6 Å². The van der Waals surface area contributed by atoms with Gasteiger partial charge in [-0.2, -0.15) is 5.26 Å². The Labute approximate surface area is 106 Å². The molecule has 0 aromatic rings. The third-order valence-corrected chi connectivity index (χ3v) is 3.91. The van der Waals surface area contributed by atoms with E-state index in [-0.39, 0.29) is 0 Å². The zero-order valence-electron chi connectivity index (χ0n) is 11.4. The lowest BCUT2D eigenvalue weighted by molar-refractivity contribution is 0.214. The van der Waals surface area contributed by atoms with Gasteiger partial charge in [-0.05, 0) is 46.2 Å². The zero-order chi connectivity index (χ0) is 12.7. The SMILES string of the molecule is CN(CCCC(C)(N)C#N)C1CCCCCC1. The van der Waals surface area contributed by atoms with E-state index in [1.807, 2.05) is 6.92 Å². The van der Waals surface area contributed by atoms with Crippen molar-refractivity contribution in [3.05, 3.63) is 0 Å². The Hall–Kier alpha value is -0.590. The molecule has 0 aliphatic heterocycles. The largest absolute Gasteiger partial charge is 0.314 e. The van der Waals surface area contributed by atoms with Crippen LogP contribution in [0.25, 0.3) is 0 Å². The Morgan fingerprint density at radius 2 is 1.88 bits per heavy atom. The molecule has 1 atom stereocenters. The Kier molecular flexibility index (Phi) is 5.94. The highest BCUT2D eigenvalue weighted by atomic mass is 15.1. The Bertz CT molecular complexity index is 247. The van der Waals surface area contributed by atoms with Crippen molar-refractivity contribution in [3.63, 3.8) is 0 Å². The fourth-order valence-corrected chi connectivity index (χ4v) is 2.63. The van der Waals surface area contributed by atoms with Crippen molar-refractivity contribution < 1.29 is 0 Å². The van der Waals surface area contributed by atoms with Crippen LogP contribution in [0.15, 0.2) is 0 Å². The smallest absolute Gasteiger partial charge is 0.101 e. The zero-order valence-corrected chi connectivity index (χ0v) is 11.4. The molecule has 0 aromatic carbocycles. The van der Waals surface area contributed by atoms with Crippen LogP contribution < -0.4 is 5.73 Å². The highest BCUT2D eigenvalue weighted by Gasteiger charge is 2.19. The van der Waals surface area contributed by atoms with Gasteiger partial charge in [0.1, 0.15) is 5.54 Å². The average Bonchev–Trinajstić information content (AvgIpc) is 2.57. The highest BCUT2D eigenvalue weighted by molar-refractivity contribution is 5.00. The molecule has 0 aromatic heterocycles. The Morgan fingerprint density at radius 3 is 2.41 bits per heavy atom. The van der Waals surface area contributed by atoms with Crippen molar-refractivity contribution in [1.29, 1.82) is 5.26 Å². The number of nitriles is 1. The first kappa shape index (κ1) is 14.5. The summed E-state index contributed by atoms with van der Waals surface area (Å²) in [7, 11) is 2.22. The summed E-state index contributed by atoms with van der Waals surface area (Å²) < 4.78 is 0. The van der Waals surface area contributed by atoms with Gasteiger partial charge in [0.25, 0.3) is 0 Å². The van der Waals surface area contributed by atoms with Gasteiger partial charge in [0.2, 0.25) is 0 Å². The summed E-state index contributed by atoms with van der Waals surface area (Å²) in [5.74, 6) is 0. The fourth-order valence-electron chi connectivity index (χ4n) is 2.63. The number of rotatable bonds is 5. The molecule has 0 saturated heterocycles. The van der Waals surface area contributed by atoms with E-state index in [1.54, 1.807) is 0 Å². The fraction of sp³-hybridized carbons (Fsp3) is 0.929. The summed E-state index contributed by atoms with van der Waals surface area (Å²) in [4.78, 5) is 2.47. The monoisotopic (exact) mass is 237 g/mol. The van der Waals surface area contributed by atoms with E-state index in [2.05, 4.69) is 18.0 Å². The van der Waals surface area contributed by atoms with Crippen molar-refractivity contribution in [2.24, 2.45) is 5.73 Å². The Morgan fingerprint density at radius 1 is 1.29 bits per heavy atom. The highest BCUT2D eigenvalue weighted by Crippen LogP contribution is 2.21. The quantitative estimate of drug-likeness (QED) is 0.748. The van der Waals surface area contributed by atoms with E-state index in [4.69, 9.17) is 11.0 Å². The minimum atomic E-state index is -0.649. The standard InChI is InChI=1S/C14H27N3/c1-14(16,12-15)10-7-11-17(2)13-8-5-3-4-6-9-13/h13H,3-11,16H2,1-2H3. The van der Waals surface area contributed by atoms with E-state index >= 15 is 0 Å². The second-order valence-electron chi connectivity index (χ2n) is 5.76. The summed E-state index contributed by atoms with van der Waals surface area (Å²) in [5.41, 5.74) is 5.18. The lowest BCUT2D eigenvalue weighted by Crippen LogP contribution is -2.37. The van der Waals surface area contributed by atoms with Gasteiger partial charge in [0.05, 0.1) is 6.07 Å². The number of hydrogen-bond donors (Lipinski definition) is 1. The van der Waals surface area contributed by atoms with E-state index in [1.165, 1.54) is 38.5 Å². The third-order valence-electron chi connectivity index (χ3n) is 3.91. The molecule has 0 radical (unpaired) electrons. The molecule has 0 amide bonds. The minimum absolute atomic E-state index is 0.649. The molecule has 3 nitrogen and oxygen atoms in total. The van der Waals surface area contributed by atoms with Gasteiger partial charge < -0.3 is 10.6 Å². The molecule has 1 fully saturated rings. The first-order valence-corrected chi connectivity index (χ1v) is 6.95. The van der Waals surface area contributed by atoms with Gasteiger partial charge in [0.15, 0.2) is 0 Å². The Balaban J connectivity index is 2.24. The minimum Gasteiger partial charge on any atom is -0.314 e. The first-order valence-electron chi connectivity index (χ1n) is 6.95. The lowest BCUT2D eigenvalue weighted by Gasteiger charge is -2.27. The molecular weight excluding hydrogens is 210 g/mol. The van der Waals surface area contributed by atoms with Gasteiger partial charge in [0, 0.05) is 6.04 Å². The van der Waals surface area contributed by atoms with Crippen LogP contribution in [0, 0.1) is 11.3 Å². The predicted octanol–water partition coefficient (Wildman–Crippen LogP) is 2.66. The van der Waals surface area contributed by atoms with Gasteiger partial charge in [-0.15, -0.1) is 0 Å². The van der Waals surface area contributed by atoms with Crippen LogP contribution in [0.4, 0.5) is 0 Å². The van der Waals surface area contributed by atoms with Crippen molar-refractivity contribution >= 4 is 0 Å². The van der Waals surface area contributed by atoms with Gasteiger partial charge in [-0.3, -0.25) is 0 Å². The summed E-state index contributed by atoms with van der Waals surface area (Å²) >= 11 is 0. The molecule has 98 valence electrons. The van der Waals surface area contributed by atoms with Crippen LogP contribution in [-0.2, 0) is 0 Å². The van der Waals surface area contributed by atoms with Crippen LogP contribution in [-0.4, -0.2) is 30.1 Å². The van der Waals surface area contributed by atoms with Crippen LogP contribution in [0.5, 0.6) is 0 Å². The molecular formula is C14H27N3. The molecule has 1 rings (SSSR count). The van der Waals surface area contributed by atoms with Crippen molar-refractivity contribution in [2.45, 2.75) is 69.9 Å². The molecule has 1 aliphatic rings. The number of nitrogens with zero attached hydrogens (tertiary/aromatic N) is 2. The molecule has 1 saturated carbocycles. The van der Waals surface area contributed by atoms with Crippen LogP contribution in [0.1, 0.15) is 58.3 Å². The van der Waals surface area contributed by atoms with Crippen LogP contribution in [0.2, 0.25) is 0 Å². The van der Waals surface area contributed by atoms with Crippen LogP contribution >= 0.6 is 0 Å². The molecule has 0 spiro atoms. The van der Waals surface area contributed by atoms with E-state index in [0.29, 0.717) is 0 Å². The number of nitrogens with two attached hydrogens (primary N) is 1. The van der Waals surface area contributed by atoms with E-state index < -0.39 is 5.54 Å². The molecule has 0 heterocycles. The third kappa shape index (κ3) is 5.52. The lowest BCUT2D eigenvalue weighted by atomic mass is 9.98. The second kappa shape index (κ2) is 6.98. The van der Waals surface area contributed by atoms with Crippen molar-refractivity contribution in [3.8, 4) is 6.07 Å². The average molecular weight is 237 g/mol. The molecule has 17 heavy (non-hydrogen) atoms. The molecule has 2 N–H and O–H groups in total. The van der Waals surface area contributed by atoms with Gasteiger partial charge in [-0.25, -0.2) is 0 Å². The summed E-state index contributed by atoms with van der Waals surface area (Å²) in [6.45, 7) is 2.89. The van der Waals surface area contributed by atoms with E-state index in [0.717, 1.165) is 25.4 Å². The normalized spacial score (nSPS) is 21.8. The van der Waals surface area contributed by atoms with E-state index in [9.17, 15) is 0 Å². The van der Waals surface area contributed by atoms with Gasteiger partial charge >= 0.3 is 0 Å². The topological polar surface area (TPSA) is 53.0 Å². The molecule has 1 unspecified atom stereocenters. The second-order valence-corrected chi connectivity index (χ2v) is 5.76. The molecule has 3 heteroatoms. The van der Waals surface area contributed by atoms with Crippen LogP contribution in [0.3, 0.4) is 0 Å². The summed E-state index contributed by atoms with van der Waals surface area (Å²) in [6.07, 6.45) is 10.1. The van der Waals surface area contributed by atoms with Crippen molar-refractivity contribution in [1.82, 2.24) is 4.90 Å². The first-order chi connectivity index (χ1) is 8.05. The number of hydrogen-bond acceptors (Lipinski definition) is 3. The predicted molar refractivity (Wildman–Crippen MR) is 71.6 cm³/mol. The molecule has 0 bridgehead atoms. The summed E-state index contributed by atoms with van der Waals surface area (Å²) in [5, 5.41) is 8.86. The summed E-state index contributed by atoms with van der Waals surface area (Å²) in [6, 6.07) is 2.92. The molecule has 1 aliphatic carbocycles. The van der Waals surface area contributed by atoms with Gasteiger partial charge in [-0.1, -0.05) is 25.7 Å².